The fourth-order valence-electron chi connectivity index (χ4n) is 1.94. The lowest BCUT2D eigenvalue weighted by atomic mass is 10.4. The molecule has 1 heterocycles. The van der Waals surface area contributed by atoms with E-state index in [9.17, 15) is 18.0 Å². The Hall–Kier alpha value is -1.20. The fraction of sp³-hybridized carbons (Fsp3) is 0.750. The Morgan fingerprint density at radius 3 is 2.19 bits per heavy atom. The SMILES string of the molecule is CCCCOC(=O)CCOCCOCCOCCN1C(=O)C=C(Cl)S1(=O)=O. The zero-order chi connectivity index (χ0) is 20.1. The van der Waals surface area contributed by atoms with E-state index in [1.165, 1.54) is 0 Å². The summed E-state index contributed by atoms with van der Waals surface area (Å²) >= 11 is 5.48. The van der Waals surface area contributed by atoms with Crippen LogP contribution in [0.5, 0.6) is 0 Å². The summed E-state index contributed by atoms with van der Waals surface area (Å²) in [5.74, 6) is -0.945. The number of amides is 1. The first-order chi connectivity index (χ1) is 12.9. The maximum atomic E-state index is 11.7. The number of nitrogens with zero attached hydrogens (tertiary/aromatic N) is 1. The molecule has 0 aromatic rings. The van der Waals surface area contributed by atoms with Crippen LogP contribution in [-0.4, -0.2) is 77.4 Å². The maximum Gasteiger partial charge on any atom is 0.308 e. The lowest BCUT2D eigenvalue weighted by molar-refractivity contribution is -0.145. The van der Waals surface area contributed by atoms with Crippen LogP contribution < -0.4 is 0 Å². The summed E-state index contributed by atoms with van der Waals surface area (Å²) in [7, 11) is -3.89. The number of carbonyl (C=O) groups excluding carboxylic acids is 2. The number of ether oxygens (including phenoxy) is 4. The number of rotatable bonds is 15. The summed E-state index contributed by atoms with van der Waals surface area (Å²) in [6.45, 7) is 3.90. The van der Waals surface area contributed by atoms with Gasteiger partial charge in [-0.25, -0.2) is 4.31 Å². The average molecular weight is 428 g/mol. The van der Waals surface area contributed by atoms with Crippen molar-refractivity contribution in [1.29, 1.82) is 0 Å². The first-order valence-electron chi connectivity index (χ1n) is 8.72. The molecule has 1 amide bonds. The van der Waals surface area contributed by atoms with Gasteiger partial charge in [0.25, 0.3) is 15.9 Å². The van der Waals surface area contributed by atoms with E-state index in [2.05, 4.69) is 0 Å². The van der Waals surface area contributed by atoms with Crippen LogP contribution in [0.1, 0.15) is 26.2 Å². The van der Waals surface area contributed by atoms with E-state index in [4.69, 9.17) is 30.5 Å². The zero-order valence-electron chi connectivity index (χ0n) is 15.4. The van der Waals surface area contributed by atoms with Gasteiger partial charge in [-0.1, -0.05) is 24.9 Å². The second-order valence-electron chi connectivity index (χ2n) is 5.53. The smallest absolute Gasteiger partial charge is 0.308 e. The topological polar surface area (TPSA) is 108 Å². The Kier molecular flexibility index (Phi) is 11.5. The highest BCUT2D eigenvalue weighted by Crippen LogP contribution is 2.24. The predicted octanol–water partition coefficient (Wildman–Crippen LogP) is 1.02. The summed E-state index contributed by atoms with van der Waals surface area (Å²) in [5, 5.41) is 0. The minimum absolute atomic E-state index is 0.0446. The molecule has 0 saturated heterocycles. The molecule has 1 aliphatic heterocycles. The van der Waals surface area contributed by atoms with Gasteiger partial charge in [0, 0.05) is 6.08 Å². The lowest BCUT2D eigenvalue weighted by Crippen LogP contribution is -2.33. The second-order valence-corrected chi connectivity index (χ2v) is 7.99. The third kappa shape index (κ3) is 9.02. The van der Waals surface area contributed by atoms with Crippen molar-refractivity contribution >= 4 is 33.5 Å². The maximum absolute atomic E-state index is 11.7. The summed E-state index contributed by atoms with van der Waals surface area (Å²) in [5.41, 5.74) is 0. The van der Waals surface area contributed by atoms with Gasteiger partial charge < -0.3 is 18.9 Å². The van der Waals surface area contributed by atoms with Crippen molar-refractivity contribution in [3.63, 3.8) is 0 Å². The van der Waals surface area contributed by atoms with Crippen LogP contribution in [0.4, 0.5) is 0 Å². The molecule has 0 spiro atoms. The van der Waals surface area contributed by atoms with Crippen LogP contribution in [-0.2, 0) is 38.6 Å². The zero-order valence-corrected chi connectivity index (χ0v) is 16.9. The molecule has 0 unspecified atom stereocenters. The van der Waals surface area contributed by atoms with Gasteiger partial charge in [-0.05, 0) is 6.42 Å². The predicted molar refractivity (Wildman–Crippen MR) is 97.5 cm³/mol. The minimum atomic E-state index is -3.89. The highest BCUT2D eigenvalue weighted by molar-refractivity contribution is 7.95. The van der Waals surface area contributed by atoms with Gasteiger partial charge in [0.2, 0.25) is 0 Å². The third-order valence-corrected chi connectivity index (χ3v) is 5.66. The highest BCUT2D eigenvalue weighted by atomic mass is 35.5. The van der Waals surface area contributed by atoms with E-state index in [0.717, 1.165) is 18.9 Å². The van der Waals surface area contributed by atoms with Crippen LogP contribution in [0, 0.1) is 0 Å². The van der Waals surface area contributed by atoms with E-state index in [-0.39, 0.29) is 38.8 Å². The molecule has 0 aromatic carbocycles. The Bertz CT molecular complexity index is 608. The van der Waals surface area contributed by atoms with Crippen LogP contribution in [0.25, 0.3) is 0 Å². The van der Waals surface area contributed by atoms with Gasteiger partial charge in [0.05, 0.1) is 59.2 Å². The monoisotopic (exact) mass is 427 g/mol. The summed E-state index contributed by atoms with van der Waals surface area (Å²) in [4.78, 5) is 22.8. The molecule has 0 aliphatic carbocycles. The van der Waals surface area contributed by atoms with Crippen LogP contribution in [0.2, 0.25) is 0 Å². The third-order valence-electron chi connectivity index (χ3n) is 3.41. The molecule has 0 atom stereocenters. The Morgan fingerprint density at radius 2 is 1.63 bits per heavy atom. The van der Waals surface area contributed by atoms with Gasteiger partial charge in [-0.2, -0.15) is 8.42 Å². The molecule has 0 radical (unpaired) electrons. The van der Waals surface area contributed by atoms with E-state index < -0.39 is 20.3 Å². The van der Waals surface area contributed by atoms with Gasteiger partial charge in [0.15, 0.2) is 4.36 Å². The first-order valence-corrected chi connectivity index (χ1v) is 10.5. The normalized spacial score (nSPS) is 15.9. The second kappa shape index (κ2) is 13.1. The number of halogens is 1. The number of sulfonamides is 1. The molecular weight excluding hydrogens is 402 g/mol. The molecule has 11 heteroatoms. The molecule has 1 aliphatic rings. The summed E-state index contributed by atoms with van der Waals surface area (Å²) in [6, 6.07) is 0. The molecule has 9 nitrogen and oxygen atoms in total. The van der Waals surface area contributed by atoms with E-state index in [0.29, 0.717) is 30.7 Å². The quantitative estimate of drug-likeness (QED) is 0.281. The number of hydrogen-bond donors (Lipinski definition) is 0. The molecule has 27 heavy (non-hydrogen) atoms. The number of esters is 1. The summed E-state index contributed by atoms with van der Waals surface area (Å²) in [6.07, 6.45) is 2.91. The Morgan fingerprint density at radius 1 is 1.04 bits per heavy atom. The van der Waals surface area contributed by atoms with Crippen LogP contribution >= 0.6 is 11.6 Å². The molecule has 0 N–H and O–H groups in total. The van der Waals surface area contributed by atoms with Gasteiger partial charge in [-0.15, -0.1) is 0 Å². The molecule has 1 rings (SSSR count). The molecular formula is C16H26ClNO8S. The van der Waals surface area contributed by atoms with Crippen LogP contribution in [0.15, 0.2) is 10.4 Å². The van der Waals surface area contributed by atoms with Gasteiger partial charge in [0.1, 0.15) is 0 Å². The molecule has 0 bridgehead atoms. The van der Waals surface area contributed by atoms with E-state index >= 15 is 0 Å². The van der Waals surface area contributed by atoms with Crippen molar-refractivity contribution in [3.05, 3.63) is 10.4 Å². The minimum Gasteiger partial charge on any atom is -0.466 e. The number of unbranched alkanes of at least 4 members (excludes halogenated alkanes) is 1. The van der Waals surface area contributed by atoms with Crippen molar-refractivity contribution in [2.24, 2.45) is 0 Å². The van der Waals surface area contributed by atoms with E-state index in [1.807, 2.05) is 6.92 Å². The van der Waals surface area contributed by atoms with Crippen LogP contribution in [0.3, 0.4) is 0 Å². The number of hydrogen-bond acceptors (Lipinski definition) is 8. The first kappa shape index (κ1) is 23.8. The average Bonchev–Trinajstić information content (AvgIpc) is 2.81. The van der Waals surface area contributed by atoms with Crippen molar-refractivity contribution in [2.75, 3.05) is 52.8 Å². The largest absolute Gasteiger partial charge is 0.466 e. The van der Waals surface area contributed by atoms with Gasteiger partial charge >= 0.3 is 5.97 Å². The van der Waals surface area contributed by atoms with Gasteiger partial charge in [-0.3, -0.25) is 9.59 Å². The fourth-order valence-corrected chi connectivity index (χ4v) is 3.35. The van der Waals surface area contributed by atoms with Crippen molar-refractivity contribution in [1.82, 2.24) is 4.31 Å². The Labute approximate surface area is 164 Å². The molecule has 0 aromatic heterocycles. The summed E-state index contributed by atoms with van der Waals surface area (Å²) < 4.78 is 44.3. The van der Waals surface area contributed by atoms with Crippen molar-refractivity contribution in [2.45, 2.75) is 26.2 Å². The van der Waals surface area contributed by atoms with Crippen molar-refractivity contribution in [3.8, 4) is 0 Å². The van der Waals surface area contributed by atoms with Crippen molar-refractivity contribution < 1.29 is 37.0 Å². The molecule has 0 fully saturated rings. The van der Waals surface area contributed by atoms with E-state index in [1.54, 1.807) is 0 Å². The number of carbonyl (C=O) groups is 2. The Balaban J connectivity index is 1.91. The molecule has 156 valence electrons. The highest BCUT2D eigenvalue weighted by Gasteiger charge is 2.35. The standard InChI is InChI=1S/C16H26ClNO8S/c1-2-3-6-26-16(20)4-7-23-9-11-25-12-10-24-8-5-18-15(19)13-14(17)27(18,21)22/h13H,2-12H2,1H3. The lowest BCUT2D eigenvalue weighted by Gasteiger charge is -2.15. The molecule has 0 saturated carbocycles.